The lowest BCUT2D eigenvalue weighted by molar-refractivity contribution is -0.139. The van der Waals surface area contributed by atoms with Gasteiger partial charge in [-0.3, -0.25) is 9.59 Å². The van der Waals surface area contributed by atoms with Crippen molar-refractivity contribution in [2.45, 2.75) is 19.3 Å². The molecule has 0 bridgehead atoms. The second-order valence-corrected chi connectivity index (χ2v) is 4.41. The average Bonchev–Trinajstić information content (AvgIpc) is 3.02. The van der Waals surface area contributed by atoms with E-state index in [0.29, 0.717) is 19.6 Å². The molecule has 1 aliphatic heterocycles. The van der Waals surface area contributed by atoms with Crippen LogP contribution in [0.25, 0.3) is 0 Å². The molecule has 0 radical (unpaired) electrons. The molecule has 2 rings (SSSR count). The third-order valence-electron chi connectivity index (χ3n) is 3.25. The Hall–Kier alpha value is -1.10. The fraction of sp³-hybridized carbons (Fsp3) is 0.800. The van der Waals surface area contributed by atoms with Crippen LogP contribution < -0.4 is 11.1 Å². The number of nitrogens with two attached hydrogens (primary N) is 1. The van der Waals surface area contributed by atoms with Gasteiger partial charge in [0.2, 0.25) is 11.8 Å². The van der Waals surface area contributed by atoms with Gasteiger partial charge in [0.25, 0.3) is 0 Å². The average molecular weight is 211 g/mol. The van der Waals surface area contributed by atoms with Crippen molar-refractivity contribution in [2.75, 3.05) is 26.2 Å². The number of amides is 2. The van der Waals surface area contributed by atoms with Crippen LogP contribution in [0.15, 0.2) is 0 Å². The van der Waals surface area contributed by atoms with Gasteiger partial charge in [-0.25, -0.2) is 0 Å². The molecule has 1 saturated carbocycles. The first-order valence-electron chi connectivity index (χ1n) is 5.44. The summed E-state index contributed by atoms with van der Waals surface area (Å²) < 4.78 is 0. The molecule has 84 valence electrons. The molecule has 1 saturated heterocycles. The van der Waals surface area contributed by atoms with Gasteiger partial charge in [0.05, 0.1) is 12.0 Å². The van der Waals surface area contributed by atoms with E-state index in [1.807, 2.05) is 0 Å². The molecule has 0 aromatic rings. The Labute approximate surface area is 89.0 Å². The summed E-state index contributed by atoms with van der Waals surface area (Å²) in [5.74, 6) is 0.00993. The maximum Gasteiger partial charge on any atom is 0.239 e. The van der Waals surface area contributed by atoms with E-state index in [1.165, 1.54) is 0 Å². The highest BCUT2D eigenvalue weighted by atomic mass is 16.2. The van der Waals surface area contributed by atoms with Crippen molar-refractivity contribution in [1.82, 2.24) is 10.2 Å². The molecule has 0 aromatic heterocycles. The standard InChI is InChI=1S/C10H17N3O2/c11-7-10(2-3-10)9(15)13-5-1-4-12-8(14)6-13/h1-7,11H2,(H,12,14). The van der Waals surface area contributed by atoms with Crippen molar-refractivity contribution in [3.8, 4) is 0 Å². The van der Waals surface area contributed by atoms with Crippen molar-refractivity contribution in [3.63, 3.8) is 0 Å². The number of hydrogen-bond acceptors (Lipinski definition) is 3. The number of nitrogens with one attached hydrogen (secondary N) is 1. The van der Waals surface area contributed by atoms with Crippen molar-refractivity contribution < 1.29 is 9.59 Å². The molecule has 0 unspecified atom stereocenters. The van der Waals surface area contributed by atoms with Gasteiger partial charge >= 0.3 is 0 Å². The topological polar surface area (TPSA) is 75.4 Å². The van der Waals surface area contributed by atoms with Crippen LogP contribution in [0.4, 0.5) is 0 Å². The van der Waals surface area contributed by atoms with E-state index >= 15 is 0 Å². The quantitative estimate of drug-likeness (QED) is 0.620. The summed E-state index contributed by atoms with van der Waals surface area (Å²) in [6.07, 6.45) is 2.58. The Morgan fingerprint density at radius 3 is 2.87 bits per heavy atom. The van der Waals surface area contributed by atoms with Gasteiger partial charge in [-0.05, 0) is 19.3 Å². The molecule has 0 atom stereocenters. The Kier molecular flexibility index (Phi) is 2.65. The predicted molar refractivity (Wildman–Crippen MR) is 54.9 cm³/mol. The van der Waals surface area contributed by atoms with Crippen molar-refractivity contribution in [3.05, 3.63) is 0 Å². The number of hydrogen-bond donors (Lipinski definition) is 2. The highest BCUT2D eigenvalue weighted by Gasteiger charge is 2.50. The largest absolute Gasteiger partial charge is 0.354 e. The van der Waals surface area contributed by atoms with Crippen molar-refractivity contribution in [1.29, 1.82) is 0 Å². The normalized spacial score (nSPS) is 24.3. The molecule has 1 heterocycles. The lowest BCUT2D eigenvalue weighted by Crippen LogP contribution is -2.43. The molecule has 0 spiro atoms. The zero-order valence-electron chi connectivity index (χ0n) is 8.79. The third kappa shape index (κ3) is 1.97. The van der Waals surface area contributed by atoms with Gasteiger partial charge < -0.3 is 16.0 Å². The zero-order valence-corrected chi connectivity index (χ0v) is 8.79. The van der Waals surface area contributed by atoms with Crippen LogP contribution >= 0.6 is 0 Å². The van der Waals surface area contributed by atoms with Crippen LogP contribution in [0, 0.1) is 5.41 Å². The first-order valence-corrected chi connectivity index (χ1v) is 5.44. The molecule has 3 N–H and O–H groups in total. The lowest BCUT2D eigenvalue weighted by Gasteiger charge is -2.24. The van der Waals surface area contributed by atoms with Gasteiger partial charge in [0.15, 0.2) is 0 Å². The zero-order chi connectivity index (χ0) is 10.9. The monoisotopic (exact) mass is 211 g/mol. The molecule has 1 aliphatic carbocycles. The predicted octanol–water partition coefficient (Wildman–Crippen LogP) is -0.926. The van der Waals surface area contributed by atoms with E-state index in [1.54, 1.807) is 4.90 Å². The van der Waals surface area contributed by atoms with Crippen LogP contribution in [-0.4, -0.2) is 42.9 Å². The number of carbonyl (C=O) groups excluding carboxylic acids is 2. The summed E-state index contributed by atoms with van der Waals surface area (Å²) in [5.41, 5.74) is 5.27. The smallest absolute Gasteiger partial charge is 0.239 e. The van der Waals surface area contributed by atoms with Gasteiger partial charge in [0, 0.05) is 19.6 Å². The number of carbonyl (C=O) groups is 2. The SMILES string of the molecule is NCC1(C(=O)N2CCCNC(=O)C2)CC1. The fourth-order valence-corrected chi connectivity index (χ4v) is 1.97. The summed E-state index contributed by atoms with van der Waals surface area (Å²) in [6.45, 7) is 1.93. The van der Waals surface area contributed by atoms with Gasteiger partial charge in [-0.2, -0.15) is 0 Å². The van der Waals surface area contributed by atoms with E-state index in [2.05, 4.69) is 5.32 Å². The first-order chi connectivity index (χ1) is 7.18. The Morgan fingerprint density at radius 1 is 1.53 bits per heavy atom. The third-order valence-corrected chi connectivity index (χ3v) is 3.25. The van der Waals surface area contributed by atoms with Gasteiger partial charge in [-0.15, -0.1) is 0 Å². The molecule has 2 aliphatic rings. The molecule has 2 fully saturated rings. The first kappa shape index (κ1) is 10.4. The highest BCUT2D eigenvalue weighted by Crippen LogP contribution is 2.46. The maximum absolute atomic E-state index is 12.1. The number of nitrogens with zero attached hydrogens (tertiary/aromatic N) is 1. The van der Waals surface area contributed by atoms with Gasteiger partial charge in [-0.1, -0.05) is 0 Å². The Morgan fingerprint density at radius 2 is 2.27 bits per heavy atom. The number of rotatable bonds is 2. The molecule has 15 heavy (non-hydrogen) atoms. The van der Waals surface area contributed by atoms with Crippen LogP contribution in [0.3, 0.4) is 0 Å². The minimum absolute atomic E-state index is 0.0614. The Bertz CT molecular complexity index is 286. The van der Waals surface area contributed by atoms with E-state index < -0.39 is 0 Å². The highest BCUT2D eigenvalue weighted by molar-refractivity contribution is 5.90. The van der Waals surface area contributed by atoms with Crippen LogP contribution in [0.1, 0.15) is 19.3 Å². The Balaban J connectivity index is 2.02. The van der Waals surface area contributed by atoms with Crippen LogP contribution in [0.2, 0.25) is 0 Å². The minimum Gasteiger partial charge on any atom is -0.354 e. The van der Waals surface area contributed by atoms with Crippen molar-refractivity contribution >= 4 is 11.8 Å². The second-order valence-electron chi connectivity index (χ2n) is 4.41. The molecule has 2 amide bonds. The molecular formula is C10H17N3O2. The molecule has 0 aromatic carbocycles. The summed E-state index contributed by atoms with van der Waals surface area (Å²) in [6, 6.07) is 0. The second kappa shape index (κ2) is 3.81. The summed E-state index contributed by atoms with van der Waals surface area (Å²) in [5, 5.41) is 2.76. The lowest BCUT2D eigenvalue weighted by atomic mass is 10.1. The summed E-state index contributed by atoms with van der Waals surface area (Å²) >= 11 is 0. The van der Waals surface area contributed by atoms with E-state index in [-0.39, 0.29) is 23.8 Å². The van der Waals surface area contributed by atoms with Crippen LogP contribution in [0.5, 0.6) is 0 Å². The molecule has 5 nitrogen and oxygen atoms in total. The fourth-order valence-electron chi connectivity index (χ4n) is 1.97. The van der Waals surface area contributed by atoms with E-state index in [4.69, 9.17) is 5.73 Å². The minimum atomic E-state index is -0.329. The summed E-state index contributed by atoms with van der Waals surface area (Å²) in [7, 11) is 0. The van der Waals surface area contributed by atoms with Gasteiger partial charge in [0.1, 0.15) is 0 Å². The van der Waals surface area contributed by atoms with Crippen LogP contribution in [-0.2, 0) is 9.59 Å². The molecular weight excluding hydrogens is 194 g/mol. The molecule has 5 heteroatoms. The maximum atomic E-state index is 12.1. The van der Waals surface area contributed by atoms with E-state index in [9.17, 15) is 9.59 Å². The summed E-state index contributed by atoms with van der Waals surface area (Å²) in [4.78, 5) is 25.0. The van der Waals surface area contributed by atoms with E-state index in [0.717, 1.165) is 19.3 Å². The van der Waals surface area contributed by atoms with Crippen molar-refractivity contribution in [2.24, 2.45) is 11.1 Å².